The second-order valence-corrected chi connectivity index (χ2v) is 6.90. The molecule has 2 aromatic rings. The molecule has 3 nitrogen and oxygen atoms in total. The number of nitrogens with one attached hydrogen (secondary N) is 1. The molecule has 2 aromatic heterocycles. The highest BCUT2D eigenvalue weighted by atomic mass is 79.9. The number of thiophene rings is 1. The standard InChI is InChI=1S/C12H16BrN3S/c1-9(2)8-16-6-5-14-12(16)15-7-10-3-4-11(13)17-10/h3-6,9H,7-8H2,1-2H3,(H,14,15). The number of nitrogens with zero attached hydrogens (tertiary/aromatic N) is 2. The first kappa shape index (κ1) is 12.6. The van der Waals surface area contributed by atoms with Gasteiger partial charge in [-0.1, -0.05) is 13.8 Å². The molecule has 2 rings (SSSR count). The van der Waals surface area contributed by atoms with Gasteiger partial charge in [-0.2, -0.15) is 0 Å². The first-order chi connectivity index (χ1) is 8.15. The van der Waals surface area contributed by atoms with Gasteiger partial charge in [-0.05, 0) is 34.0 Å². The third kappa shape index (κ3) is 3.57. The van der Waals surface area contributed by atoms with E-state index in [-0.39, 0.29) is 0 Å². The number of hydrogen-bond donors (Lipinski definition) is 1. The molecule has 0 aromatic carbocycles. The molecule has 1 N–H and O–H groups in total. The van der Waals surface area contributed by atoms with E-state index in [0.717, 1.165) is 19.0 Å². The Morgan fingerprint density at radius 3 is 2.94 bits per heavy atom. The van der Waals surface area contributed by atoms with Gasteiger partial charge in [-0.3, -0.25) is 0 Å². The van der Waals surface area contributed by atoms with Crippen molar-refractivity contribution in [2.45, 2.75) is 26.9 Å². The zero-order valence-corrected chi connectivity index (χ0v) is 12.4. The Morgan fingerprint density at radius 2 is 2.29 bits per heavy atom. The van der Waals surface area contributed by atoms with Gasteiger partial charge in [0.15, 0.2) is 0 Å². The van der Waals surface area contributed by atoms with Crippen molar-refractivity contribution >= 4 is 33.2 Å². The summed E-state index contributed by atoms with van der Waals surface area (Å²) in [7, 11) is 0. The van der Waals surface area contributed by atoms with Crippen LogP contribution in [0.5, 0.6) is 0 Å². The number of anilines is 1. The Bertz CT molecular complexity index is 476. The van der Waals surface area contributed by atoms with Crippen molar-refractivity contribution in [3.8, 4) is 0 Å². The molecule has 0 amide bonds. The van der Waals surface area contributed by atoms with Gasteiger partial charge >= 0.3 is 0 Å². The van der Waals surface area contributed by atoms with Gasteiger partial charge in [0.05, 0.1) is 10.3 Å². The lowest BCUT2D eigenvalue weighted by atomic mass is 10.2. The fourth-order valence-electron chi connectivity index (χ4n) is 1.63. The fraction of sp³-hybridized carbons (Fsp3) is 0.417. The van der Waals surface area contributed by atoms with E-state index in [4.69, 9.17) is 0 Å². The van der Waals surface area contributed by atoms with Crippen molar-refractivity contribution in [3.05, 3.63) is 33.2 Å². The Morgan fingerprint density at radius 1 is 1.47 bits per heavy atom. The lowest BCUT2D eigenvalue weighted by Gasteiger charge is -2.11. The molecular weight excluding hydrogens is 298 g/mol. The maximum Gasteiger partial charge on any atom is 0.203 e. The molecule has 0 spiro atoms. The molecule has 0 aliphatic heterocycles. The average molecular weight is 314 g/mol. The van der Waals surface area contributed by atoms with Gasteiger partial charge in [0, 0.05) is 23.8 Å². The zero-order valence-electron chi connectivity index (χ0n) is 9.98. The summed E-state index contributed by atoms with van der Waals surface area (Å²) < 4.78 is 3.33. The third-order valence-corrected chi connectivity index (χ3v) is 3.95. The van der Waals surface area contributed by atoms with Crippen LogP contribution in [-0.4, -0.2) is 9.55 Å². The molecule has 0 atom stereocenters. The second kappa shape index (κ2) is 5.69. The minimum absolute atomic E-state index is 0.626. The van der Waals surface area contributed by atoms with Crippen LogP contribution in [0.4, 0.5) is 5.95 Å². The molecule has 0 unspecified atom stereocenters. The molecule has 0 radical (unpaired) electrons. The molecule has 0 aliphatic carbocycles. The SMILES string of the molecule is CC(C)Cn1ccnc1NCc1ccc(Br)s1. The number of imidazole rings is 1. The van der Waals surface area contributed by atoms with Gasteiger partial charge in [0.1, 0.15) is 0 Å². The molecule has 92 valence electrons. The van der Waals surface area contributed by atoms with Gasteiger partial charge in [-0.25, -0.2) is 4.98 Å². The summed E-state index contributed by atoms with van der Waals surface area (Å²) in [5.74, 6) is 1.57. The quantitative estimate of drug-likeness (QED) is 0.905. The monoisotopic (exact) mass is 313 g/mol. The summed E-state index contributed by atoms with van der Waals surface area (Å²) in [5, 5.41) is 3.37. The second-order valence-electron chi connectivity index (χ2n) is 4.36. The van der Waals surface area contributed by atoms with E-state index >= 15 is 0 Å². The summed E-state index contributed by atoms with van der Waals surface area (Å²) in [5.41, 5.74) is 0. The van der Waals surface area contributed by atoms with E-state index in [1.165, 1.54) is 8.66 Å². The molecule has 0 saturated heterocycles. The van der Waals surface area contributed by atoms with Gasteiger partial charge in [-0.15, -0.1) is 11.3 Å². The van der Waals surface area contributed by atoms with E-state index in [1.54, 1.807) is 11.3 Å². The molecule has 0 fully saturated rings. The minimum Gasteiger partial charge on any atom is -0.351 e. The Kier molecular flexibility index (Phi) is 4.23. The van der Waals surface area contributed by atoms with Crippen LogP contribution in [0.1, 0.15) is 18.7 Å². The topological polar surface area (TPSA) is 29.9 Å². The number of halogens is 1. The number of aromatic nitrogens is 2. The van der Waals surface area contributed by atoms with Crippen LogP contribution in [0.3, 0.4) is 0 Å². The molecular formula is C12H16BrN3S. The van der Waals surface area contributed by atoms with E-state index < -0.39 is 0 Å². The maximum absolute atomic E-state index is 4.34. The molecule has 5 heteroatoms. The van der Waals surface area contributed by atoms with Crippen molar-refractivity contribution in [1.29, 1.82) is 0 Å². The van der Waals surface area contributed by atoms with Crippen LogP contribution in [0.2, 0.25) is 0 Å². The normalized spacial score (nSPS) is 11.1. The largest absolute Gasteiger partial charge is 0.351 e. The Labute approximate surface area is 114 Å². The van der Waals surface area contributed by atoms with Crippen LogP contribution in [0, 0.1) is 5.92 Å². The first-order valence-corrected chi connectivity index (χ1v) is 7.25. The summed E-state index contributed by atoms with van der Waals surface area (Å²) in [6, 6.07) is 4.19. The minimum atomic E-state index is 0.626. The number of rotatable bonds is 5. The molecule has 17 heavy (non-hydrogen) atoms. The van der Waals surface area contributed by atoms with Crippen LogP contribution >= 0.6 is 27.3 Å². The van der Waals surface area contributed by atoms with E-state index in [9.17, 15) is 0 Å². The van der Waals surface area contributed by atoms with Crippen molar-refractivity contribution in [2.75, 3.05) is 5.32 Å². The smallest absolute Gasteiger partial charge is 0.203 e. The fourth-order valence-corrected chi connectivity index (χ4v) is 3.05. The highest BCUT2D eigenvalue weighted by Gasteiger charge is 2.04. The van der Waals surface area contributed by atoms with Gasteiger partial charge < -0.3 is 9.88 Å². The number of hydrogen-bond acceptors (Lipinski definition) is 3. The highest BCUT2D eigenvalue weighted by Crippen LogP contribution is 2.22. The summed E-state index contributed by atoms with van der Waals surface area (Å²) >= 11 is 5.21. The summed E-state index contributed by atoms with van der Waals surface area (Å²) in [6.45, 7) is 6.24. The van der Waals surface area contributed by atoms with E-state index in [0.29, 0.717) is 5.92 Å². The van der Waals surface area contributed by atoms with Crippen molar-refractivity contribution in [2.24, 2.45) is 5.92 Å². The third-order valence-electron chi connectivity index (χ3n) is 2.33. The lowest BCUT2D eigenvalue weighted by Crippen LogP contribution is -2.09. The van der Waals surface area contributed by atoms with E-state index in [2.05, 4.69) is 56.8 Å². The highest BCUT2D eigenvalue weighted by molar-refractivity contribution is 9.11. The zero-order chi connectivity index (χ0) is 12.3. The van der Waals surface area contributed by atoms with Crippen LogP contribution in [0.15, 0.2) is 28.3 Å². The van der Waals surface area contributed by atoms with Crippen LogP contribution in [-0.2, 0) is 13.1 Å². The summed E-state index contributed by atoms with van der Waals surface area (Å²) in [6.07, 6.45) is 3.86. The first-order valence-electron chi connectivity index (χ1n) is 5.64. The van der Waals surface area contributed by atoms with Crippen molar-refractivity contribution < 1.29 is 0 Å². The van der Waals surface area contributed by atoms with E-state index in [1.807, 2.05) is 12.4 Å². The maximum atomic E-state index is 4.34. The van der Waals surface area contributed by atoms with Crippen LogP contribution < -0.4 is 5.32 Å². The van der Waals surface area contributed by atoms with Gasteiger partial charge in [0.25, 0.3) is 0 Å². The molecule has 0 bridgehead atoms. The van der Waals surface area contributed by atoms with Crippen molar-refractivity contribution in [3.63, 3.8) is 0 Å². The predicted octanol–water partition coefficient (Wildman–Crippen LogP) is 3.98. The molecule has 0 saturated carbocycles. The predicted molar refractivity (Wildman–Crippen MR) is 76.4 cm³/mol. The average Bonchev–Trinajstić information content (AvgIpc) is 2.84. The Hall–Kier alpha value is -0.810. The van der Waals surface area contributed by atoms with Gasteiger partial charge in [0.2, 0.25) is 5.95 Å². The lowest BCUT2D eigenvalue weighted by molar-refractivity contribution is 0.526. The Balaban J connectivity index is 1.97. The summed E-state index contributed by atoms with van der Waals surface area (Å²) in [4.78, 5) is 5.64. The molecule has 0 aliphatic rings. The van der Waals surface area contributed by atoms with Crippen LogP contribution in [0.25, 0.3) is 0 Å². The van der Waals surface area contributed by atoms with Crippen molar-refractivity contribution in [1.82, 2.24) is 9.55 Å². The molecule has 2 heterocycles.